The number of nitrogens with one attached hydrogen (secondary N) is 3. The first-order valence-corrected chi connectivity index (χ1v) is 14.3. The van der Waals surface area contributed by atoms with Crippen LogP contribution in [0.15, 0.2) is 85.1 Å². The molecule has 2 aromatic heterocycles. The minimum atomic E-state index is -0.313. The molecule has 3 N–H and O–H groups in total. The first-order chi connectivity index (χ1) is 21.3. The van der Waals surface area contributed by atoms with Crippen molar-refractivity contribution in [1.29, 1.82) is 0 Å². The molecule has 0 saturated carbocycles. The number of carbonyl (C=O) groups is 2. The Labute approximate surface area is 254 Å². The second kappa shape index (κ2) is 13.8. The molecule has 2 heterocycles. The normalized spacial score (nSPS) is 11.0. The number of benzene rings is 3. The van der Waals surface area contributed by atoms with Crippen LogP contribution < -0.4 is 20.7 Å². The van der Waals surface area contributed by atoms with E-state index in [2.05, 4.69) is 26.0 Å². The standard InChI is InChI=1S/C33H34FN7O3/c1-4-44-29-19-25(32(43)35-17-18-40(2)3)11-15-28(29)37-33-38-30-16-12-26(21-41(30)39-33)23-7-9-24(10-8-23)31(42)36-20-22-5-13-27(34)14-6-22/h5-16,19,21H,4,17-18,20H2,1-3H3,(H,35,43)(H,36,42)(H,37,39). The van der Waals surface area contributed by atoms with Gasteiger partial charge in [-0.15, -0.1) is 5.10 Å². The molecule has 226 valence electrons. The number of aromatic nitrogens is 3. The first kappa shape index (κ1) is 30.2. The van der Waals surface area contributed by atoms with Crippen LogP contribution in [0.25, 0.3) is 16.8 Å². The molecule has 0 atom stereocenters. The van der Waals surface area contributed by atoms with Gasteiger partial charge in [-0.1, -0.05) is 24.3 Å². The van der Waals surface area contributed by atoms with Crippen molar-refractivity contribution in [3.8, 4) is 16.9 Å². The summed E-state index contributed by atoms with van der Waals surface area (Å²) in [6.07, 6.45) is 1.86. The van der Waals surface area contributed by atoms with Crippen LogP contribution in [0, 0.1) is 5.82 Å². The Hall–Kier alpha value is -5.29. The third-order valence-corrected chi connectivity index (χ3v) is 6.81. The van der Waals surface area contributed by atoms with E-state index < -0.39 is 0 Å². The summed E-state index contributed by atoms with van der Waals surface area (Å²) in [5, 5.41) is 13.6. The van der Waals surface area contributed by atoms with Crippen LogP contribution in [0.4, 0.5) is 16.0 Å². The van der Waals surface area contributed by atoms with Crippen LogP contribution in [-0.4, -0.2) is 65.1 Å². The van der Waals surface area contributed by atoms with Crippen molar-refractivity contribution in [2.45, 2.75) is 13.5 Å². The zero-order valence-electron chi connectivity index (χ0n) is 24.8. The second-order valence-electron chi connectivity index (χ2n) is 10.4. The highest BCUT2D eigenvalue weighted by molar-refractivity contribution is 5.95. The van der Waals surface area contributed by atoms with Crippen molar-refractivity contribution in [2.75, 3.05) is 39.1 Å². The van der Waals surface area contributed by atoms with Crippen molar-refractivity contribution < 1.29 is 18.7 Å². The number of amides is 2. The number of fused-ring (bicyclic) bond motifs is 1. The highest BCUT2D eigenvalue weighted by Gasteiger charge is 2.14. The maximum absolute atomic E-state index is 13.1. The summed E-state index contributed by atoms with van der Waals surface area (Å²) >= 11 is 0. The van der Waals surface area contributed by atoms with Crippen LogP contribution in [0.5, 0.6) is 5.75 Å². The lowest BCUT2D eigenvalue weighted by Crippen LogP contribution is -2.31. The fourth-order valence-electron chi connectivity index (χ4n) is 4.46. The Kier molecular flexibility index (Phi) is 9.46. The quantitative estimate of drug-likeness (QED) is 0.188. The average molecular weight is 596 g/mol. The molecule has 44 heavy (non-hydrogen) atoms. The number of nitrogens with zero attached hydrogens (tertiary/aromatic N) is 4. The predicted octanol–water partition coefficient (Wildman–Crippen LogP) is 4.90. The number of hydrogen-bond donors (Lipinski definition) is 3. The van der Waals surface area contributed by atoms with Gasteiger partial charge < -0.3 is 25.6 Å². The molecule has 0 aliphatic heterocycles. The number of likely N-dealkylation sites (N-methyl/N-ethyl adjacent to an activating group) is 1. The molecular weight excluding hydrogens is 561 g/mol. The molecule has 0 saturated heterocycles. The molecule has 0 fully saturated rings. The third-order valence-electron chi connectivity index (χ3n) is 6.81. The SMILES string of the molecule is CCOc1cc(C(=O)NCCN(C)C)ccc1Nc1nc2ccc(-c3ccc(C(=O)NCc4ccc(F)cc4)cc3)cn2n1. The molecule has 0 unspecified atom stereocenters. The molecule has 2 amide bonds. The largest absolute Gasteiger partial charge is 0.492 e. The number of pyridine rings is 1. The Balaban J connectivity index is 1.26. The number of hydrogen-bond acceptors (Lipinski definition) is 7. The zero-order valence-corrected chi connectivity index (χ0v) is 24.8. The molecule has 0 bridgehead atoms. The van der Waals surface area contributed by atoms with Crippen LogP contribution in [0.3, 0.4) is 0 Å². The number of carbonyl (C=O) groups excluding carboxylic acids is 2. The molecule has 0 radical (unpaired) electrons. The first-order valence-electron chi connectivity index (χ1n) is 14.3. The van der Waals surface area contributed by atoms with Gasteiger partial charge in [-0.25, -0.2) is 8.91 Å². The molecule has 0 aliphatic carbocycles. The number of anilines is 2. The summed E-state index contributed by atoms with van der Waals surface area (Å²) in [7, 11) is 3.90. The summed E-state index contributed by atoms with van der Waals surface area (Å²) in [6.45, 7) is 3.90. The van der Waals surface area contributed by atoms with Gasteiger partial charge in [0.15, 0.2) is 5.65 Å². The minimum absolute atomic E-state index is 0.170. The van der Waals surface area contributed by atoms with Crippen LogP contribution in [0.1, 0.15) is 33.2 Å². The van der Waals surface area contributed by atoms with Gasteiger partial charge in [-0.05, 0) is 86.7 Å². The van der Waals surface area contributed by atoms with Gasteiger partial charge in [-0.3, -0.25) is 9.59 Å². The monoisotopic (exact) mass is 595 g/mol. The van der Waals surface area contributed by atoms with Crippen molar-refractivity contribution >= 4 is 29.1 Å². The lowest BCUT2D eigenvalue weighted by molar-refractivity contribution is 0.0942. The minimum Gasteiger partial charge on any atom is -0.492 e. The van der Waals surface area contributed by atoms with E-state index in [-0.39, 0.29) is 17.6 Å². The Morgan fingerprint density at radius 2 is 1.59 bits per heavy atom. The Morgan fingerprint density at radius 1 is 0.886 bits per heavy atom. The number of ether oxygens (including phenoxy) is 1. The summed E-state index contributed by atoms with van der Waals surface area (Å²) in [5.41, 5.74) is 4.92. The molecule has 10 nitrogen and oxygen atoms in total. The lowest BCUT2D eigenvalue weighted by atomic mass is 10.1. The molecule has 3 aromatic carbocycles. The van der Waals surface area contributed by atoms with E-state index in [1.165, 1.54) is 12.1 Å². The Morgan fingerprint density at radius 3 is 2.32 bits per heavy atom. The van der Waals surface area contributed by atoms with Crippen LogP contribution >= 0.6 is 0 Å². The van der Waals surface area contributed by atoms with E-state index in [1.807, 2.05) is 56.4 Å². The van der Waals surface area contributed by atoms with E-state index in [4.69, 9.17) is 4.74 Å². The van der Waals surface area contributed by atoms with Gasteiger partial charge in [0.25, 0.3) is 11.8 Å². The van der Waals surface area contributed by atoms with E-state index in [0.29, 0.717) is 53.9 Å². The van der Waals surface area contributed by atoms with E-state index >= 15 is 0 Å². The zero-order chi connectivity index (χ0) is 31.1. The van der Waals surface area contributed by atoms with Crippen LogP contribution in [-0.2, 0) is 6.54 Å². The van der Waals surface area contributed by atoms with Crippen molar-refractivity contribution in [3.63, 3.8) is 0 Å². The molecule has 0 aliphatic rings. The van der Waals surface area contributed by atoms with Crippen molar-refractivity contribution in [1.82, 2.24) is 30.1 Å². The summed E-state index contributed by atoms with van der Waals surface area (Å²) in [5.74, 6) is 0.198. The van der Waals surface area contributed by atoms with Gasteiger partial charge in [-0.2, -0.15) is 4.98 Å². The molecule has 5 aromatic rings. The van der Waals surface area contributed by atoms with Gasteiger partial charge in [0, 0.05) is 42.5 Å². The van der Waals surface area contributed by atoms with Crippen LogP contribution in [0.2, 0.25) is 0 Å². The molecule has 11 heteroatoms. The summed E-state index contributed by atoms with van der Waals surface area (Å²) < 4.78 is 20.6. The number of rotatable bonds is 12. The third kappa shape index (κ3) is 7.56. The second-order valence-corrected chi connectivity index (χ2v) is 10.4. The van der Waals surface area contributed by atoms with Gasteiger partial charge in [0.05, 0.1) is 12.3 Å². The molecular formula is C33H34FN7O3. The predicted molar refractivity (Wildman–Crippen MR) is 168 cm³/mol. The fraction of sp³-hybridized carbons (Fsp3) is 0.212. The van der Waals surface area contributed by atoms with Gasteiger partial charge in [0.1, 0.15) is 11.6 Å². The maximum atomic E-state index is 13.1. The highest BCUT2D eigenvalue weighted by atomic mass is 19.1. The average Bonchev–Trinajstić information content (AvgIpc) is 3.43. The van der Waals surface area contributed by atoms with Crippen molar-refractivity contribution in [3.05, 3.63) is 108 Å². The molecule has 0 spiro atoms. The highest BCUT2D eigenvalue weighted by Crippen LogP contribution is 2.29. The summed E-state index contributed by atoms with van der Waals surface area (Å²) in [6, 6.07) is 22.3. The van der Waals surface area contributed by atoms with E-state index in [9.17, 15) is 14.0 Å². The fourth-order valence-corrected chi connectivity index (χ4v) is 4.46. The number of halogens is 1. The lowest BCUT2D eigenvalue weighted by Gasteiger charge is -2.13. The summed E-state index contributed by atoms with van der Waals surface area (Å²) in [4.78, 5) is 31.8. The topological polar surface area (TPSA) is 113 Å². The smallest absolute Gasteiger partial charge is 0.251 e. The Bertz CT molecular complexity index is 1750. The van der Waals surface area contributed by atoms with Crippen molar-refractivity contribution in [2.24, 2.45) is 0 Å². The van der Waals surface area contributed by atoms with E-state index in [0.717, 1.165) is 23.2 Å². The maximum Gasteiger partial charge on any atom is 0.251 e. The van der Waals surface area contributed by atoms with E-state index in [1.54, 1.807) is 47.0 Å². The molecule has 5 rings (SSSR count). The van der Waals surface area contributed by atoms with Gasteiger partial charge in [0.2, 0.25) is 5.95 Å². The van der Waals surface area contributed by atoms with Gasteiger partial charge >= 0.3 is 0 Å².